The van der Waals surface area contributed by atoms with E-state index in [4.69, 9.17) is 0 Å². The van der Waals surface area contributed by atoms with Gasteiger partial charge in [0, 0.05) is 38.2 Å². The molecule has 1 N–H and O–H groups in total. The number of aromatic amines is 1. The fourth-order valence-corrected chi connectivity index (χ4v) is 3.43. The molecule has 134 valence electrons. The van der Waals surface area contributed by atoms with Crippen molar-refractivity contribution in [2.75, 3.05) is 26.2 Å². The molecular formula is C19H26N4O2. The summed E-state index contributed by atoms with van der Waals surface area (Å²) >= 11 is 0. The van der Waals surface area contributed by atoms with Crippen molar-refractivity contribution in [3.63, 3.8) is 0 Å². The zero-order valence-electron chi connectivity index (χ0n) is 15.0. The molecule has 3 rings (SSSR count). The number of hydrogen-bond acceptors (Lipinski definition) is 3. The number of nitrogens with one attached hydrogen (secondary N) is 1. The van der Waals surface area contributed by atoms with Crippen LogP contribution in [0.2, 0.25) is 0 Å². The number of hydrogen-bond donors (Lipinski definition) is 1. The van der Waals surface area contributed by atoms with Crippen LogP contribution >= 0.6 is 0 Å². The zero-order valence-corrected chi connectivity index (χ0v) is 15.0. The predicted molar refractivity (Wildman–Crippen MR) is 97.3 cm³/mol. The summed E-state index contributed by atoms with van der Waals surface area (Å²) in [6, 6.07) is 5.51. The highest BCUT2D eigenvalue weighted by Crippen LogP contribution is 2.16. The van der Waals surface area contributed by atoms with Gasteiger partial charge in [-0.1, -0.05) is 26.7 Å². The Balaban J connectivity index is 1.56. The number of imidazole rings is 1. The second-order valence-electron chi connectivity index (χ2n) is 6.91. The van der Waals surface area contributed by atoms with Crippen molar-refractivity contribution in [1.29, 1.82) is 0 Å². The number of piperazine rings is 1. The first-order chi connectivity index (χ1) is 12.1. The number of rotatable bonds is 5. The Morgan fingerprint density at radius 2 is 1.92 bits per heavy atom. The van der Waals surface area contributed by atoms with Crippen molar-refractivity contribution in [3.05, 3.63) is 30.1 Å². The minimum absolute atomic E-state index is 0.0166. The summed E-state index contributed by atoms with van der Waals surface area (Å²) in [7, 11) is 0. The Hall–Kier alpha value is -2.37. The number of nitrogens with zero attached hydrogens (tertiary/aromatic N) is 3. The molecule has 0 aliphatic carbocycles. The third-order valence-corrected chi connectivity index (χ3v) is 4.89. The molecule has 0 saturated carbocycles. The van der Waals surface area contributed by atoms with Crippen molar-refractivity contribution in [3.8, 4) is 0 Å². The van der Waals surface area contributed by atoms with Crippen LogP contribution in [0.25, 0.3) is 11.0 Å². The maximum Gasteiger partial charge on any atom is 0.254 e. The van der Waals surface area contributed by atoms with Crippen LogP contribution in [-0.4, -0.2) is 57.8 Å². The molecule has 2 amide bonds. The Morgan fingerprint density at radius 3 is 2.64 bits per heavy atom. The lowest BCUT2D eigenvalue weighted by Crippen LogP contribution is -2.50. The lowest BCUT2D eigenvalue weighted by molar-refractivity contribution is -0.133. The molecule has 0 bridgehead atoms. The lowest BCUT2D eigenvalue weighted by atomic mass is 10.0. The normalized spacial score (nSPS) is 16.2. The van der Waals surface area contributed by atoms with Gasteiger partial charge < -0.3 is 14.8 Å². The first kappa shape index (κ1) is 17.5. The van der Waals surface area contributed by atoms with Crippen molar-refractivity contribution < 1.29 is 9.59 Å². The number of benzene rings is 1. The molecular weight excluding hydrogens is 316 g/mol. The predicted octanol–water partition coefficient (Wildman–Crippen LogP) is 2.67. The van der Waals surface area contributed by atoms with Gasteiger partial charge in [-0.2, -0.15) is 0 Å². The fourth-order valence-electron chi connectivity index (χ4n) is 3.43. The Labute approximate surface area is 148 Å². The molecule has 2 aromatic rings. The van der Waals surface area contributed by atoms with Crippen LogP contribution in [0.1, 0.15) is 43.5 Å². The van der Waals surface area contributed by atoms with Crippen LogP contribution in [0.3, 0.4) is 0 Å². The highest BCUT2D eigenvalue weighted by atomic mass is 16.2. The maximum absolute atomic E-state index is 12.7. The zero-order chi connectivity index (χ0) is 17.8. The minimum Gasteiger partial charge on any atom is -0.345 e. The minimum atomic E-state index is 0.0166. The average molecular weight is 342 g/mol. The Kier molecular flexibility index (Phi) is 5.36. The summed E-state index contributed by atoms with van der Waals surface area (Å²) in [5.41, 5.74) is 2.38. The van der Waals surface area contributed by atoms with Gasteiger partial charge in [0.25, 0.3) is 5.91 Å². The molecule has 1 aliphatic rings. The van der Waals surface area contributed by atoms with E-state index in [1.54, 1.807) is 6.33 Å². The number of H-pyrrole nitrogens is 1. The van der Waals surface area contributed by atoms with E-state index in [1.165, 1.54) is 0 Å². The third kappa shape index (κ3) is 4.00. The van der Waals surface area contributed by atoms with E-state index in [9.17, 15) is 9.59 Å². The van der Waals surface area contributed by atoms with Gasteiger partial charge in [-0.3, -0.25) is 9.59 Å². The molecule has 1 aromatic heterocycles. The van der Waals surface area contributed by atoms with E-state index < -0.39 is 0 Å². The molecule has 1 aromatic carbocycles. The first-order valence-corrected chi connectivity index (χ1v) is 9.08. The van der Waals surface area contributed by atoms with Gasteiger partial charge in [-0.05, 0) is 24.1 Å². The van der Waals surface area contributed by atoms with E-state index in [-0.39, 0.29) is 11.8 Å². The van der Waals surface area contributed by atoms with E-state index in [0.29, 0.717) is 44.1 Å². The fraction of sp³-hybridized carbons (Fsp3) is 0.526. The van der Waals surface area contributed by atoms with Gasteiger partial charge >= 0.3 is 0 Å². The summed E-state index contributed by atoms with van der Waals surface area (Å²) in [4.78, 5) is 36.0. The van der Waals surface area contributed by atoms with E-state index >= 15 is 0 Å². The first-order valence-electron chi connectivity index (χ1n) is 9.08. The number of aromatic nitrogens is 2. The molecule has 1 saturated heterocycles. The van der Waals surface area contributed by atoms with Gasteiger partial charge in [0.05, 0.1) is 17.4 Å². The summed E-state index contributed by atoms with van der Waals surface area (Å²) in [5.74, 6) is 0.660. The van der Waals surface area contributed by atoms with Crippen LogP contribution < -0.4 is 0 Å². The molecule has 6 nitrogen and oxygen atoms in total. The second-order valence-corrected chi connectivity index (χ2v) is 6.91. The summed E-state index contributed by atoms with van der Waals surface area (Å²) < 4.78 is 0. The van der Waals surface area contributed by atoms with Gasteiger partial charge in [-0.15, -0.1) is 0 Å². The van der Waals surface area contributed by atoms with Gasteiger partial charge in [-0.25, -0.2) is 4.98 Å². The van der Waals surface area contributed by atoms with Gasteiger partial charge in [0.15, 0.2) is 0 Å². The molecule has 2 heterocycles. The van der Waals surface area contributed by atoms with Crippen LogP contribution in [0.5, 0.6) is 0 Å². The highest BCUT2D eigenvalue weighted by Gasteiger charge is 2.25. The largest absolute Gasteiger partial charge is 0.345 e. The van der Waals surface area contributed by atoms with Crippen molar-refractivity contribution in [1.82, 2.24) is 19.8 Å². The number of fused-ring (bicyclic) bond motifs is 1. The second kappa shape index (κ2) is 7.68. The van der Waals surface area contributed by atoms with E-state index in [1.807, 2.05) is 28.0 Å². The summed E-state index contributed by atoms with van der Waals surface area (Å²) in [6.07, 6.45) is 4.43. The smallest absolute Gasteiger partial charge is 0.254 e. The SMILES string of the molecule is CCC[C@H](C)CC(=O)N1CCN(C(=O)c2ccc3nc[nH]c3c2)CC1. The van der Waals surface area contributed by atoms with Crippen LogP contribution in [0.15, 0.2) is 24.5 Å². The average Bonchev–Trinajstić information content (AvgIpc) is 3.09. The van der Waals surface area contributed by atoms with Crippen LogP contribution in [0, 0.1) is 5.92 Å². The molecule has 25 heavy (non-hydrogen) atoms. The quantitative estimate of drug-likeness (QED) is 0.908. The summed E-state index contributed by atoms with van der Waals surface area (Å²) in [5, 5.41) is 0. The van der Waals surface area contributed by atoms with Crippen LogP contribution in [-0.2, 0) is 4.79 Å². The van der Waals surface area contributed by atoms with Crippen molar-refractivity contribution in [2.45, 2.75) is 33.1 Å². The summed E-state index contributed by atoms with van der Waals surface area (Å²) in [6.45, 7) is 6.70. The molecule has 1 fully saturated rings. The number of carbonyl (C=O) groups excluding carboxylic acids is 2. The Bertz CT molecular complexity index is 747. The molecule has 1 aliphatic heterocycles. The van der Waals surface area contributed by atoms with E-state index in [2.05, 4.69) is 23.8 Å². The molecule has 0 radical (unpaired) electrons. The third-order valence-electron chi connectivity index (χ3n) is 4.89. The van der Waals surface area contributed by atoms with Crippen LogP contribution in [0.4, 0.5) is 0 Å². The standard InChI is InChI=1S/C19H26N4O2/c1-3-4-14(2)11-18(24)22-7-9-23(10-8-22)19(25)15-5-6-16-17(12-15)21-13-20-16/h5-6,12-14H,3-4,7-11H2,1-2H3,(H,20,21)/t14-/m0/s1. The van der Waals surface area contributed by atoms with Crippen molar-refractivity contribution in [2.24, 2.45) is 5.92 Å². The van der Waals surface area contributed by atoms with E-state index in [0.717, 1.165) is 23.9 Å². The van der Waals surface area contributed by atoms with Gasteiger partial charge in [0.1, 0.15) is 0 Å². The highest BCUT2D eigenvalue weighted by molar-refractivity contribution is 5.97. The lowest BCUT2D eigenvalue weighted by Gasteiger charge is -2.35. The van der Waals surface area contributed by atoms with Crippen molar-refractivity contribution >= 4 is 22.8 Å². The Morgan fingerprint density at radius 1 is 1.20 bits per heavy atom. The number of carbonyl (C=O) groups is 2. The van der Waals surface area contributed by atoms with Gasteiger partial charge in [0.2, 0.25) is 5.91 Å². The maximum atomic E-state index is 12.7. The monoisotopic (exact) mass is 342 g/mol. The molecule has 1 atom stereocenters. The topological polar surface area (TPSA) is 69.3 Å². The number of amides is 2. The molecule has 6 heteroatoms. The molecule has 0 spiro atoms. The molecule has 0 unspecified atom stereocenters.